The summed E-state index contributed by atoms with van der Waals surface area (Å²) in [4.78, 5) is 0. The van der Waals surface area contributed by atoms with Gasteiger partial charge in [-0.3, -0.25) is 0 Å². The van der Waals surface area contributed by atoms with Gasteiger partial charge in [-0.1, -0.05) is 48.0 Å². The number of aryl methyl sites for hydroxylation is 1. The first-order valence-electron chi connectivity index (χ1n) is 7.26. The Balaban J connectivity index is 1.99. The molecule has 0 aliphatic heterocycles. The van der Waals surface area contributed by atoms with Crippen LogP contribution in [0, 0.1) is 6.92 Å². The lowest BCUT2D eigenvalue weighted by atomic mass is 10.0. The molecular formula is C18H20N2O. The van der Waals surface area contributed by atoms with Gasteiger partial charge >= 0.3 is 0 Å². The molecule has 0 aliphatic carbocycles. The SMILES string of the molecule is Cc1ccc(C(NCCN)c2cc3ccccc3o2)cc1. The molecule has 0 saturated carbocycles. The Kier molecular flexibility index (Phi) is 4.04. The number of nitrogens with one attached hydrogen (secondary N) is 1. The molecule has 3 heteroatoms. The van der Waals surface area contributed by atoms with Crippen LogP contribution in [-0.2, 0) is 0 Å². The molecule has 3 aromatic rings. The smallest absolute Gasteiger partial charge is 0.134 e. The average molecular weight is 280 g/mol. The summed E-state index contributed by atoms with van der Waals surface area (Å²) >= 11 is 0. The second-order valence-corrected chi connectivity index (χ2v) is 5.27. The van der Waals surface area contributed by atoms with Gasteiger partial charge in [0.1, 0.15) is 11.3 Å². The third kappa shape index (κ3) is 2.99. The third-order valence-corrected chi connectivity index (χ3v) is 3.63. The van der Waals surface area contributed by atoms with Crippen LogP contribution in [-0.4, -0.2) is 13.1 Å². The molecule has 1 atom stereocenters. The van der Waals surface area contributed by atoms with Gasteiger partial charge in [-0.2, -0.15) is 0 Å². The van der Waals surface area contributed by atoms with Gasteiger partial charge < -0.3 is 15.5 Å². The third-order valence-electron chi connectivity index (χ3n) is 3.63. The highest BCUT2D eigenvalue weighted by molar-refractivity contribution is 5.77. The minimum atomic E-state index is 0.0292. The van der Waals surface area contributed by atoms with Gasteiger partial charge in [0, 0.05) is 18.5 Å². The molecule has 3 rings (SSSR count). The van der Waals surface area contributed by atoms with Gasteiger partial charge in [-0.15, -0.1) is 0 Å². The molecule has 1 unspecified atom stereocenters. The van der Waals surface area contributed by atoms with E-state index in [2.05, 4.69) is 48.6 Å². The molecule has 0 radical (unpaired) electrons. The fraction of sp³-hybridized carbons (Fsp3) is 0.222. The van der Waals surface area contributed by atoms with Gasteiger partial charge in [-0.25, -0.2) is 0 Å². The number of hydrogen-bond donors (Lipinski definition) is 2. The number of hydrogen-bond acceptors (Lipinski definition) is 3. The van der Waals surface area contributed by atoms with E-state index in [-0.39, 0.29) is 6.04 Å². The van der Waals surface area contributed by atoms with Gasteiger partial charge in [0.15, 0.2) is 0 Å². The lowest BCUT2D eigenvalue weighted by Gasteiger charge is -2.16. The van der Waals surface area contributed by atoms with E-state index in [4.69, 9.17) is 10.2 Å². The van der Waals surface area contributed by atoms with Gasteiger partial charge in [0.05, 0.1) is 6.04 Å². The van der Waals surface area contributed by atoms with E-state index in [0.717, 1.165) is 23.3 Å². The lowest BCUT2D eigenvalue weighted by molar-refractivity contribution is 0.473. The molecule has 0 amide bonds. The summed E-state index contributed by atoms with van der Waals surface area (Å²) in [6, 6.07) is 18.7. The molecule has 0 aliphatic rings. The van der Waals surface area contributed by atoms with Gasteiger partial charge in [0.25, 0.3) is 0 Å². The molecular weight excluding hydrogens is 260 g/mol. The van der Waals surface area contributed by atoms with Crippen molar-refractivity contribution >= 4 is 11.0 Å². The molecule has 108 valence electrons. The Hall–Kier alpha value is -2.10. The first-order chi connectivity index (χ1) is 10.3. The summed E-state index contributed by atoms with van der Waals surface area (Å²) in [5, 5.41) is 4.59. The predicted molar refractivity (Wildman–Crippen MR) is 86.3 cm³/mol. The van der Waals surface area contributed by atoms with Gasteiger partial charge in [-0.05, 0) is 24.6 Å². The van der Waals surface area contributed by atoms with Crippen LogP contribution in [0.1, 0.15) is 22.9 Å². The van der Waals surface area contributed by atoms with Crippen molar-refractivity contribution in [3.8, 4) is 0 Å². The molecule has 0 spiro atoms. The maximum atomic E-state index is 6.01. The minimum Gasteiger partial charge on any atom is -0.459 e. The van der Waals surface area contributed by atoms with Crippen molar-refractivity contribution < 1.29 is 4.42 Å². The maximum absolute atomic E-state index is 6.01. The van der Waals surface area contributed by atoms with Crippen molar-refractivity contribution in [2.45, 2.75) is 13.0 Å². The van der Waals surface area contributed by atoms with E-state index in [1.54, 1.807) is 0 Å². The summed E-state index contributed by atoms with van der Waals surface area (Å²) in [5.41, 5.74) is 8.99. The first kappa shape index (κ1) is 13.9. The molecule has 3 nitrogen and oxygen atoms in total. The Bertz CT molecular complexity index is 682. The van der Waals surface area contributed by atoms with Crippen LogP contribution < -0.4 is 11.1 Å². The van der Waals surface area contributed by atoms with Crippen LogP contribution in [0.5, 0.6) is 0 Å². The van der Waals surface area contributed by atoms with Crippen LogP contribution >= 0.6 is 0 Å². The molecule has 0 bridgehead atoms. The zero-order valence-electron chi connectivity index (χ0n) is 12.2. The van der Waals surface area contributed by atoms with E-state index >= 15 is 0 Å². The van der Waals surface area contributed by atoms with Crippen molar-refractivity contribution in [1.29, 1.82) is 0 Å². The number of para-hydroxylation sites is 1. The van der Waals surface area contributed by atoms with Crippen molar-refractivity contribution in [3.63, 3.8) is 0 Å². The average Bonchev–Trinajstić information content (AvgIpc) is 2.93. The standard InChI is InChI=1S/C18H20N2O/c1-13-6-8-14(9-7-13)18(20-11-10-19)17-12-15-4-2-3-5-16(15)21-17/h2-9,12,18,20H,10-11,19H2,1H3. The molecule has 0 saturated heterocycles. The van der Waals surface area contributed by atoms with Gasteiger partial charge in [0.2, 0.25) is 0 Å². The molecule has 21 heavy (non-hydrogen) atoms. The Morgan fingerprint density at radius 3 is 2.57 bits per heavy atom. The zero-order valence-corrected chi connectivity index (χ0v) is 12.2. The summed E-state index contributed by atoms with van der Waals surface area (Å²) in [7, 11) is 0. The summed E-state index contributed by atoms with van der Waals surface area (Å²) in [5.74, 6) is 0.925. The van der Waals surface area contributed by atoms with Crippen molar-refractivity contribution in [1.82, 2.24) is 5.32 Å². The van der Waals surface area contributed by atoms with E-state index < -0.39 is 0 Å². The minimum absolute atomic E-state index is 0.0292. The number of rotatable bonds is 5. The number of nitrogens with two attached hydrogens (primary N) is 1. The second kappa shape index (κ2) is 6.12. The molecule has 1 aromatic heterocycles. The Morgan fingerprint density at radius 1 is 1.10 bits per heavy atom. The highest BCUT2D eigenvalue weighted by Gasteiger charge is 2.17. The summed E-state index contributed by atoms with van der Waals surface area (Å²) < 4.78 is 6.01. The lowest BCUT2D eigenvalue weighted by Crippen LogP contribution is -2.27. The maximum Gasteiger partial charge on any atom is 0.134 e. The molecule has 3 N–H and O–H groups in total. The zero-order chi connectivity index (χ0) is 14.7. The first-order valence-corrected chi connectivity index (χ1v) is 7.26. The second-order valence-electron chi connectivity index (χ2n) is 5.27. The largest absolute Gasteiger partial charge is 0.459 e. The van der Waals surface area contributed by atoms with Crippen LogP contribution in [0.15, 0.2) is 59.0 Å². The van der Waals surface area contributed by atoms with E-state index in [1.165, 1.54) is 11.1 Å². The van der Waals surface area contributed by atoms with E-state index in [1.807, 2.05) is 18.2 Å². The van der Waals surface area contributed by atoms with Crippen molar-refractivity contribution in [2.75, 3.05) is 13.1 Å². The number of furan rings is 1. The molecule has 1 heterocycles. The van der Waals surface area contributed by atoms with Crippen LogP contribution in [0.4, 0.5) is 0 Å². The summed E-state index contributed by atoms with van der Waals surface area (Å²) in [6.45, 7) is 3.44. The van der Waals surface area contributed by atoms with Crippen LogP contribution in [0.25, 0.3) is 11.0 Å². The van der Waals surface area contributed by atoms with Crippen LogP contribution in [0.2, 0.25) is 0 Å². The van der Waals surface area contributed by atoms with Crippen LogP contribution in [0.3, 0.4) is 0 Å². The Morgan fingerprint density at radius 2 is 1.86 bits per heavy atom. The monoisotopic (exact) mass is 280 g/mol. The normalized spacial score (nSPS) is 12.7. The van der Waals surface area contributed by atoms with E-state index in [9.17, 15) is 0 Å². The van der Waals surface area contributed by atoms with E-state index in [0.29, 0.717) is 6.54 Å². The number of fused-ring (bicyclic) bond motifs is 1. The molecule has 2 aromatic carbocycles. The fourth-order valence-electron chi connectivity index (χ4n) is 2.51. The predicted octanol–water partition coefficient (Wildman–Crippen LogP) is 3.38. The number of benzene rings is 2. The highest BCUT2D eigenvalue weighted by Crippen LogP contribution is 2.28. The highest BCUT2D eigenvalue weighted by atomic mass is 16.3. The quantitative estimate of drug-likeness (QED) is 0.753. The van der Waals surface area contributed by atoms with Crippen molar-refractivity contribution in [2.24, 2.45) is 5.73 Å². The Labute approximate surface area is 124 Å². The molecule has 0 fully saturated rings. The summed E-state index contributed by atoms with van der Waals surface area (Å²) in [6.07, 6.45) is 0. The topological polar surface area (TPSA) is 51.2 Å². The fourth-order valence-corrected chi connectivity index (χ4v) is 2.51. The van der Waals surface area contributed by atoms with Crippen molar-refractivity contribution in [3.05, 3.63) is 71.5 Å².